The van der Waals surface area contributed by atoms with Crippen LogP contribution in [0.4, 0.5) is 0 Å². The van der Waals surface area contributed by atoms with Crippen molar-refractivity contribution in [2.24, 2.45) is 0 Å². The molecule has 2 saturated heterocycles. The minimum atomic E-state index is -1.46. The first-order chi connectivity index (χ1) is 13.7. The van der Waals surface area contributed by atoms with Gasteiger partial charge in [0.1, 0.15) is 0 Å². The quantitative estimate of drug-likeness (QED) is 0.352. The normalized spacial score (nSPS) is 24.8. The van der Waals surface area contributed by atoms with Crippen LogP contribution in [0.1, 0.15) is 52.4 Å². The Morgan fingerprint density at radius 2 is 1.00 bits per heavy atom. The Morgan fingerprint density at radius 3 is 1.34 bits per heavy atom. The first kappa shape index (κ1) is 22.4. The molecule has 0 N–H and O–H groups in total. The van der Waals surface area contributed by atoms with Gasteiger partial charge in [0.25, 0.3) is 0 Å². The Morgan fingerprint density at radius 1 is 0.655 bits per heavy atom. The van der Waals surface area contributed by atoms with E-state index in [1.807, 2.05) is 17.1 Å². The average molecular weight is 591 g/mol. The van der Waals surface area contributed by atoms with Crippen molar-refractivity contribution >= 4 is 16.5 Å². The van der Waals surface area contributed by atoms with Crippen molar-refractivity contribution in [2.75, 3.05) is 26.2 Å². The van der Waals surface area contributed by atoms with E-state index in [0.717, 1.165) is 0 Å². The Labute approximate surface area is 192 Å². The number of nitrogens with zero attached hydrogens (tertiary/aromatic N) is 2. The Bertz CT molecular complexity index is 726. The van der Waals surface area contributed by atoms with Crippen LogP contribution in [0, 0.1) is 0 Å². The van der Waals surface area contributed by atoms with Crippen molar-refractivity contribution in [1.29, 1.82) is 0 Å². The maximum atomic E-state index is 2.91. The van der Waals surface area contributed by atoms with Gasteiger partial charge in [-0.3, -0.25) is 0 Å². The first-order valence-corrected chi connectivity index (χ1v) is 21.3. The molecule has 158 valence electrons. The van der Waals surface area contributed by atoms with Crippen molar-refractivity contribution in [3.8, 4) is 0 Å². The molecule has 0 radical (unpaired) electrons. The Balaban J connectivity index is 1.68. The standard InChI is InChI=1S/2C12H20NSi.Hf/c2*1-11-6-7-12(10-11)14(2,3)13-8-4-5-9-13;/h2*6H,4-5,7-9H2,1-3H3;. The van der Waals surface area contributed by atoms with E-state index in [1.54, 1.807) is 11.1 Å². The van der Waals surface area contributed by atoms with Crippen LogP contribution in [0.3, 0.4) is 0 Å². The summed E-state index contributed by atoms with van der Waals surface area (Å²) >= 11 is -1.04. The molecule has 2 fully saturated rings. The third kappa shape index (κ3) is 4.16. The van der Waals surface area contributed by atoms with Crippen molar-refractivity contribution in [3.63, 3.8) is 0 Å². The second-order valence-corrected chi connectivity index (χ2v) is 23.7. The van der Waals surface area contributed by atoms with Gasteiger partial charge in [-0.1, -0.05) is 0 Å². The summed E-state index contributed by atoms with van der Waals surface area (Å²) in [5, 5.41) is 3.85. The van der Waals surface area contributed by atoms with Gasteiger partial charge in [-0.05, 0) is 0 Å². The summed E-state index contributed by atoms with van der Waals surface area (Å²) in [7, 11) is -2.92. The fourth-order valence-electron chi connectivity index (χ4n) is 5.91. The number of rotatable bonds is 6. The van der Waals surface area contributed by atoms with E-state index in [-0.39, 0.29) is 0 Å². The predicted molar refractivity (Wildman–Crippen MR) is 127 cm³/mol. The van der Waals surface area contributed by atoms with E-state index < -0.39 is 39.4 Å². The molecule has 0 amide bonds. The van der Waals surface area contributed by atoms with Gasteiger partial charge in [-0.2, -0.15) is 0 Å². The molecule has 0 atom stereocenters. The van der Waals surface area contributed by atoms with Crippen molar-refractivity contribution in [3.05, 3.63) is 40.4 Å². The molecule has 0 aromatic heterocycles. The molecule has 0 aromatic carbocycles. The second kappa shape index (κ2) is 8.61. The van der Waals surface area contributed by atoms with Crippen molar-refractivity contribution in [1.82, 2.24) is 9.13 Å². The molecular weight excluding hydrogens is 551 g/mol. The molecule has 2 heterocycles. The van der Waals surface area contributed by atoms with Gasteiger partial charge in [0.05, 0.1) is 0 Å². The summed E-state index contributed by atoms with van der Waals surface area (Å²) in [5.41, 5.74) is 3.32. The summed E-state index contributed by atoms with van der Waals surface area (Å²) in [6.07, 6.45) is 13.4. The van der Waals surface area contributed by atoms with Gasteiger partial charge in [0, 0.05) is 0 Å². The Kier molecular flexibility index (Phi) is 6.64. The van der Waals surface area contributed by atoms with Crippen molar-refractivity contribution in [2.45, 2.75) is 78.6 Å². The van der Waals surface area contributed by atoms with Crippen LogP contribution in [0.2, 0.25) is 26.2 Å². The van der Waals surface area contributed by atoms with Gasteiger partial charge in [-0.15, -0.1) is 0 Å². The fraction of sp³-hybridized carbons (Fsp3) is 0.667. The summed E-state index contributed by atoms with van der Waals surface area (Å²) in [6.45, 7) is 20.9. The summed E-state index contributed by atoms with van der Waals surface area (Å²) < 4.78 is 9.66. The van der Waals surface area contributed by atoms with Crippen LogP contribution in [-0.4, -0.2) is 51.8 Å². The van der Waals surface area contributed by atoms with Crippen LogP contribution in [0.5, 0.6) is 0 Å². The van der Waals surface area contributed by atoms with E-state index in [1.165, 1.54) is 64.7 Å². The van der Waals surface area contributed by atoms with Crippen LogP contribution < -0.4 is 0 Å². The van der Waals surface area contributed by atoms with E-state index in [4.69, 9.17) is 0 Å². The molecule has 29 heavy (non-hydrogen) atoms. The van der Waals surface area contributed by atoms with Crippen molar-refractivity contribution < 1.29 is 22.9 Å². The Hall–Kier alpha value is 0.184. The van der Waals surface area contributed by atoms with Crippen LogP contribution in [0.15, 0.2) is 40.4 Å². The van der Waals surface area contributed by atoms with Crippen LogP contribution in [0.25, 0.3) is 0 Å². The van der Waals surface area contributed by atoms with Gasteiger partial charge >= 0.3 is 194 Å². The van der Waals surface area contributed by atoms with E-state index >= 15 is 0 Å². The third-order valence-electron chi connectivity index (χ3n) is 8.14. The topological polar surface area (TPSA) is 6.48 Å². The minimum absolute atomic E-state index is 1.04. The SMILES string of the molecule is CC1=CCC([Si](C)(C)N2CCCC2)=[C]1[Hf][C]1=C([Si](C)(C)N2CCCC2)CC=C1C. The molecule has 4 aliphatic rings. The molecule has 5 heteroatoms. The maximum absolute atomic E-state index is 2.91. The molecule has 2 aliphatic carbocycles. The fourth-order valence-corrected chi connectivity index (χ4v) is 24.8. The second-order valence-electron chi connectivity index (χ2n) is 10.5. The van der Waals surface area contributed by atoms with Gasteiger partial charge in [0.2, 0.25) is 0 Å². The average Bonchev–Trinajstić information content (AvgIpc) is 3.44. The molecule has 0 unspecified atom stereocenters. The molecule has 2 aliphatic heterocycles. The number of hydrogen-bond donors (Lipinski definition) is 0. The number of hydrogen-bond acceptors (Lipinski definition) is 2. The van der Waals surface area contributed by atoms with Gasteiger partial charge in [-0.25, -0.2) is 0 Å². The van der Waals surface area contributed by atoms with Gasteiger partial charge < -0.3 is 0 Å². The predicted octanol–water partition coefficient (Wildman–Crippen LogP) is 5.96. The molecule has 0 aromatic rings. The zero-order valence-corrected chi connectivity index (χ0v) is 25.2. The van der Waals surface area contributed by atoms with Crippen LogP contribution >= 0.6 is 0 Å². The molecule has 0 saturated carbocycles. The van der Waals surface area contributed by atoms with E-state index in [0.29, 0.717) is 0 Å². The first-order valence-electron chi connectivity index (χ1n) is 11.8. The van der Waals surface area contributed by atoms with Crippen LogP contribution in [-0.2, 0) is 22.9 Å². The molecule has 0 spiro atoms. The van der Waals surface area contributed by atoms with E-state index in [2.05, 4.69) is 61.3 Å². The third-order valence-corrected chi connectivity index (χ3v) is 24.7. The monoisotopic (exact) mass is 592 g/mol. The summed E-state index contributed by atoms with van der Waals surface area (Å²) in [5.74, 6) is 0. The zero-order chi connectivity index (χ0) is 20.8. The molecule has 0 bridgehead atoms. The zero-order valence-electron chi connectivity index (χ0n) is 19.6. The van der Waals surface area contributed by atoms with Gasteiger partial charge in [0.15, 0.2) is 0 Å². The molecule has 2 nitrogen and oxygen atoms in total. The molecular formula is C24H40HfN2Si2. The van der Waals surface area contributed by atoms with E-state index in [9.17, 15) is 0 Å². The summed E-state index contributed by atoms with van der Waals surface area (Å²) in [6, 6.07) is 0. The molecule has 4 rings (SSSR count). The number of allylic oxidation sites excluding steroid dienone is 8. The summed E-state index contributed by atoms with van der Waals surface area (Å²) in [4.78, 5) is 0.